The average Bonchev–Trinajstić information content (AvgIpc) is 3.10. The summed E-state index contributed by atoms with van der Waals surface area (Å²) in [5, 5.41) is 3.15. The second kappa shape index (κ2) is 15.4. The van der Waals surface area contributed by atoms with Crippen LogP contribution >= 0.6 is 11.6 Å². The number of carbonyl (C=O) groups excluding carboxylic acids is 2. The van der Waals surface area contributed by atoms with Crippen molar-refractivity contribution in [3.8, 4) is 11.5 Å². The number of nitrogens with one attached hydrogen (secondary N) is 1. The second-order valence-electron chi connectivity index (χ2n) is 10.7. The summed E-state index contributed by atoms with van der Waals surface area (Å²) < 4.78 is 35.3. The number of halogens is 1. The first-order chi connectivity index (χ1) is 22.7. The highest BCUT2D eigenvalue weighted by Gasteiger charge is 2.34. The molecule has 5 rings (SSSR count). The van der Waals surface area contributed by atoms with E-state index >= 15 is 0 Å². The Balaban J connectivity index is 1.53. The summed E-state index contributed by atoms with van der Waals surface area (Å²) in [6.45, 7) is -0.549. The minimum atomic E-state index is -4.22. The summed E-state index contributed by atoms with van der Waals surface area (Å²) in [5.41, 5.74) is 1.78. The van der Waals surface area contributed by atoms with Gasteiger partial charge in [-0.2, -0.15) is 0 Å². The highest BCUT2D eigenvalue weighted by Crippen LogP contribution is 2.29. The number of para-hydroxylation sites is 1. The molecule has 10 heteroatoms. The molecule has 0 saturated carbocycles. The zero-order valence-corrected chi connectivity index (χ0v) is 27.3. The van der Waals surface area contributed by atoms with E-state index in [2.05, 4.69) is 5.32 Å². The van der Waals surface area contributed by atoms with Crippen LogP contribution in [0.1, 0.15) is 11.1 Å². The van der Waals surface area contributed by atoms with Crippen molar-refractivity contribution in [2.45, 2.75) is 23.9 Å². The monoisotopic (exact) mass is 667 g/mol. The highest BCUT2D eigenvalue weighted by molar-refractivity contribution is 7.92. The number of rotatable bonds is 13. The fraction of sp³-hybridized carbons (Fsp3) is 0.135. The molecule has 0 aromatic heterocycles. The van der Waals surface area contributed by atoms with Gasteiger partial charge in [0.1, 0.15) is 24.1 Å². The summed E-state index contributed by atoms with van der Waals surface area (Å²) in [6.07, 6.45) is 0.212. The summed E-state index contributed by atoms with van der Waals surface area (Å²) in [6, 6.07) is 39.0. The molecule has 47 heavy (non-hydrogen) atoms. The Bertz CT molecular complexity index is 1890. The maximum absolute atomic E-state index is 14.4. The number of sulfonamides is 1. The Kier molecular flexibility index (Phi) is 10.9. The largest absolute Gasteiger partial charge is 0.457 e. The van der Waals surface area contributed by atoms with Crippen molar-refractivity contribution >= 4 is 39.1 Å². The number of hydrogen-bond acceptors (Lipinski definition) is 5. The molecular formula is C37H34ClN3O5S. The molecule has 1 N–H and O–H groups in total. The predicted molar refractivity (Wildman–Crippen MR) is 184 cm³/mol. The smallest absolute Gasteiger partial charge is 0.264 e. The maximum Gasteiger partial charge on any atom is 0.264 e. The molecule has 2 amide bonds. The molecule has 5 aromatic rings. The van der Waals surface area contributed by atoms with Gasteiger partial charge in [-0.15, -0.1) is 0 Å². The van der Waals surface area contributed by atoms with Crippen molar-refractivity contribution in [2.75, 3.05) is 17.9 Å². The SMILES string of the molecule is CNC(=O)C(Cc1ccccc1)N(Cc1cccc(Cl)c1)C(=O)CN(c1ccc(Oc2ccccc2)cc1)S(=O)(=O)c1ccccc1. The van der Waals surface area contributed by atoms with Crippen LogP contribution in [-0.4, -0.2) is 44.8 Å². The van der Waals surface area contributed by atoms with Gasteiger partial charge in [0.05, 0.1) is 10.6 Å². The third-order valence-electron chi connectivity index (χ3n) is 7.47. The van der Waals surface area contributed by atoms with Crippen molar-refractivity contribution in [3.63, 3.8) is 0 Å². The number of hydrogen-bond donors (Lipinski definition) is 1. The van der Waals surface area contributed by atoms with E-state index in [0.717, 1.165) is 9.87 Å². The molecular weight excluding hydrogens is 634 g/mol. The van der Waals surface area contributed by atoms with Gasteiger partial charge < -0.3 is 15.0 Å². The fourth-order valence-electron chi connectivity index (χ4n) is 5.11. The summed E-state index contributed by atoms with van der Waals surface area (Å²) >= 11 is 6.28. The normalized spacial score (nSPS) is 11.7. The van der Waals surface area contributed by atoms with Gasteiger partial charge in [0.15, 0.2) is 0 Å². The first kappa shape index (κ1) is 33.2. The number of carbonyl (C=O) groups is 2. The minimum absolute atomic E-state index is 0.0194. The van der Waals surface area contributed by atoms with Crippen molar-refractivity contribution in [3.05, 3.63) is 156 Å². The maximum atomic E-state index is 14.4. The molecule has 0 aliphatic heterocycles. The lowest BCUT2D eigenvalue weighted by atomic mass is 10.0. The molecule has 0 bridgehead atoms. The van der Waals surface area contributed by atoms with E-state index in [1.165, 1.54) is 24.1 Å². The van der Waals surface area contributed by atoms with Crippen molar-refractivity contribution in [2.24, 2.45) is 0 Å². The average molecular weight is 668 g/mol. The van der Waals surface area contributed by atoms with Crippen molar-refractivity contribution in [1.29, 1.82) is 0 Å². The highest BCUT2D eigenvalue weighted by atomic mass is 35.5. The molecule has 0 saturated heterocycles. The quantitative estimate of drug-likeness (QED) is 0.151. The molecule has 0 fully saturated rings. The van der Waals surface area contributed by atoms with Gasteiger partial charge in [-0.1, -0.05) is 90.5 Å². The Hall–Kier alpha value is -5.12. The Morgan fingerprint density at radius 2 is 1.32 bits per heavy atom. The van der Waals surface area contributed by atoms with Gasteiger partial charge in [0.2, 0.25) is 11.8 Å². The number of likely N-dealkylation sites (N-methyl/N-ethyl adjacent to an activating group) is 1. The lowest BCUT2D eigenvalue weighted by molar-refractivity contribution is -0.139. The van der Waals surface area contributed by atoms with Crippen molar-refractivity contribution in [1.82, 2.24) is 10.2 Å². The van der Waals surface area contributed by atoms with Crippen molar-refractivity contribution < 1.29 is 22.7 Å². The minimum Gasteiger partial charge on any atom is -0.457 e. The third kappa shape index (κ3) is 8.58. The van der Waals surface area contributed by atoms with Crippen LogP contribution in [0.25, 0.3) is 0 Å². The predicted octanol–water partition coefficient (Wildman–Crippen LogP) is 6.71. The zero-order chi connectivity index (χ0) is 33.2. The molecule has 0 radical (unpaired) electrons. The molecule has 0 heterocycles. The summed E-state index contributed by atoms with van der Waals surface area (Å²) in [7, 11) is -2.71. The van der Waals surface area contributed by atoms with Crippen LogP contribution in [0.5, 0.6) is 11.5 Å². The van der Waals surface area contributed by atoms with E-state index in [1.54, 1.807) is 66.7 Å². The van der Waals surface area contributed by atoms with Gasteiger partial charge in [-0.25, -0.2) is 8.42 Å². The van der Waals surface area contributed by atoms with E-state index in [9.17, 15) is 18.0 Å². The lowest BCUT2D eigenvalue weighted by Crippen LogP contribution is -2.53. The number of benzene rings is 5. The number of nitrogens with zero attached hydrogens (tertiary/aromatic N) is 2. The van der Waals surface area contributed by atoms with E-state index in [4.69, 9.17) is 16.3 Å². The molecule has 0 spiro atoms. The second-order valence-corrected chi connectivity index (χ2v) is 13.0. The zero-order valence-electron chi connectivity index (χ0n) is 25.7. The van der Waals surface area contributed by atoms with E-state index in [-0.39, 0.29) is 29.5 Å². The third-order valence-corrected chi connectivity index (χ3v) is 9.50. The fourth-order valence-corrected chi connectivity index (χ4v) is 6.75. The van der Waals surface area contributed by atoms with Gasteiger partial charge in [0, 0.05) is 25.0 Å². The summed E-state index contributed by atoms with van der Waals surface area (Å²) in [5.74, 6) is 0.163. The summed E-state index contributed by atoms with van der Waals surface area (Å²) in [4.78, 5) is 29.3. The number of ether oxygens (including phenoxy) is 1. The molecule has 0 aliphatic rings. The van der Waals surface area contributed by atoms with E-state index < -0.39 is 28.5 Å². The first-order valence-electron chi connectivity index (χ1n) is 14.9. The Labute approximate surface area is 280 Å². The van der Waals surface area contributed by atoms with Crippen LogP contribution in [0.3, 0.4) is 0 Å². The number of anilines is 1. The Morgan fingerprint density at radius 1 is 0.745 bits per heavy atom. The van der Waals surface area contributed by atoms with Gasteiger partial charge in [0.25, 0.3) is 10.0 Å². The molecule has 5 aromatic carbocycles. The van der Waals surface area contributed by atoms with Crippen LogP contribution < -0.4 is 14.4 Å². The molecule has 1 atom stereocenters. The van der Waals surface area contributed by atoms with Crippen LogP contribution in [0.15, 0.2) is 144 Å². The molecule has 8 nitrogen and oxygen atoms in total. The lowest BCUT2D eigenvalue weighted by Gasteiger charge is -2.33. The number of amides is 2. The standard InChI is InChI=1S/C37H34ClN3O5S/c1-39-37(43)35(25-28-12-5-2-6-13-28)40(26-29-14-11-15-30(38)24-29)36(42)27-41(47(44,45)34-18-9-4-10-19-34)31-20-22-33(23-21-31)46-32-16-7-3-8-17-32/h2-24,35H,25-27H2,1H3,(H,39,43). The van der Waals surface area contributed by atoms with E-state index in [0.29, 0.717) is 22.1 Å². The first-order valence-corrected chi connectivity index (χ1v) is 16.8. The Morgan fingerprint density at radius 3 is 1.94 bits per heavy atom. The molecule has 240 valence electrons. The van der Waals surface area contributed by atoms with Gasteiger partial charge in [-0.3, -0.25) is 13.9 Å². The topological polar surface area (TPSA) is 96.0 Å². The van der Waals surface area contributed by atoms with Crippen LogP contribution in [0.2, 0.25) is 5.02 Å². The van der Waals surface area contributed by atoms with Gasteiger partial charge in [-0.05, 0) is 71.8 Å². The van der Waals surface area contributed by atoms with E-state index in [1.807, 2.05) is 60.7 Å². The molecule has 0 aliphatic carbocycles. The van der Waals surface area contributed by atoms with Crippen LogP contribution in [0.4, 0.5) is 5.69 Å². The van der Waals surface area contributed by atoms with Crippen LogP contribution in [0, 0.1) is 0 Å². The molecule has 1 unspecified atom stereocenters. The van der Waals surface area contributed by atoms with Gasteiger partial charge >= 0.3 is 0 Å². The van der Waals surface area contributed by atoms with Crippen LogP contribution in [-0.2, 0) is 32.6 Å².